The predicted octanol–water partition coefficient (Wildman–Crippen LogP) is 2.87. The third-order valence-electron chi connectivity index (χ3n) is 3.19. The van der Waals surface area contributed by atoms with Gasteiger partial charge in [0.05, 0.1) is 25.4 Å². The van der Waals surface area contributed by atoms with Gasteiger partial charge in [0.15, 0.2) is 0 Å². The van der Waals surface area contributed by atoms with E-state index in [1.54, 1.807) is 0 Å². The zero-order valence-electron chi connectivity index (χ0n) is 11.7. The summed E-state index contributed by atoms with van der Waals surface area (Å²) in [5.74, 6) is 3.11. The first kappa shape index (κ1) is 14.7. The van der Waals surface area contributed by atoms with Crippen molar-refractivity contribution in [2.75, 3.05) is 31.3 Å². The maximum Gasteiger partial charge on any atom is 0.124 e. The van der Waals surface area contributed by atoms with Crippen LogP contribution in [0.25, 0.3) is 0 Å². The number of likely N-dealkylation sites (N-methyl/N-ethyl adjacent to an activating group) is 1. The molecular formula is C15H23NO2S. The molecule has 0 bridgehead atoms. The number of hydrogen-bond acceptors (Lipinski definition) is 4. The average Bonchev–Trinajstić information content (AvgIpc) is 2.47. The van der Waals surface area contributed by atoms with Gasteiger partial charge in [-0.15, -0.1) is 0 Å². The number of rotatable bonds is 6. The summed E-state index contributed by atoms with van der Waals surface area (Å²) in [6.07, 6.45) is 0.223. The highest BCUT2D eigenvalue weighted by Gasteiger charge is 2.27. The summed E-state index contributed by atoms with van der Waals surface area (Å²) in [6, 6.07) is 8.48. The zero-order chi connectivity index (χ0) is 13.5. The van der Waals surface area contributed by atoms with Gasteiger partial charge in [-0.3, -0.25) is 0 Å². The fourth-order valence-corrected chi connectivity index (χ4v) is 3.29. The smallest absolute Gasteiger partial charge is 0.124 e. The first-order chi connectivity index (χ1) is 9.36. The van der Waals surface area contributed by atoms with Crippen LogP contribution in [-0.4, -0.2) is 37.4 Å². The van der Waals surface area contributed by atoms with Gasteiger partial charge in [0.25, 0.3) is 0 Å². The molecule has 1 fully saturated rings. The van der Waals surface area contributed by atoms with E-state index in [9.17, 15) is 0 Å². The van der Waals surface area contributed by atoms with Crippen molar-refractivity contribution in [3.8, 4) is 5.75 Å². The molecule has 19 heavy (non-hydrogen) atoms. The molecule has 2 atom stereocenters. The molecule has 4 heteroatoms. The molecule has 0 spiro atoms. The van der Waals surface area contributed by atoms with E-state index in [2.05, 4.69) is 24.4 Å². The lowest BCUT2D eigenvalue weighted by Crippen LogP contribution is -2.38. The number of hydrogen-bond donors (Lipinski definition) is 1. The van der Waals surface area contributed by atoms with Crippen molar-refractivity contribution < 1.29 is 9.47 Å². The van der Waals surface area contributed by atoms with E-state index < -0.39 is 0 Å². The lowest BCUT2D eigenvalue weighted by molar-refractivity contribution is 0.0464. The molecule has 1 aromatic rings. The van der Waals surface area contributed by atoms with Gasteiger partial charge in [-0.25, -0.2) is 0 Å². The fourth-order valence-electron chi connectivity index (χ4n) is 2.38. The van der Waals surface area contributed by atoms with E-state index in [0.29, 0.717) is 6.61 Å². The molecule has 2 unspecified atom stereocenters. The minimum Gasteiger partial charge on any atom is -0.494 e. The molecule has 0 aliphatic carbocycles. The second-order valence-corrected chi connectivity index (χ2v) is 5.64. The van der Waals surface area contributed by atoms with Gasteiger partial charge >= 0.3 is 0 Å². The Hall–Kier alpha value is -0.710. The van der Waals surface area contributed by atoms with E-state index in [1.165, 1.54) is 5.56 Å². The van der Waals surface area contributed by atoms with E-state index >= 15 is 0 Å². The molecule has 1 saturated heterocycles. The summed E-state index contributed by atoms with van der Waals surface area (Å²) in [5.41, 5.74) is 1.21. The number of para-hydroxylation sites is 1. The standard InChI is InChI=1S/C15H23NO2S/c1-3-16-15(14-11-19-10-9-18-14)12-7-5-6-8-13(12)17-4-2/h5-8,14-16H,3-4,9-11H2,1-2H3. The van der Waals surface area contributed by atoms with E-state index in [1.807, 2.05) is 30.8 Å². The average molecular weight is 281 g/mol. The van der Waals surface area contributed by atoms with Gasteiger partial charge in [0, 0.05) is 17.1 Å². The second-order valence-electron chi connectivity index (χ2n) is 4.49. The lowest BCUT2D eigenvalue weighted by atomic mass is 10.0. The third-order valence-corrected chi connectivity index (χ3v) is 4.21. The summed E-state index contributed by atoms with van der Waals surface area (Å²) in [6.45, 7) is 6.61. The van der Waals surface area contributed by atoms with E-state index in [-0.39, 0.29) is 12.1 Å². The van der Waals surface area contributed by atoms with Gasteiger partial charge in [-0.05, 0) is 19.5 Å². The van der Waals surface area contributed by atoms with Crippen LogP contribution in [0.1, 0.15) is 25.5 Å². The third kappa shape index (κ3) is 3.88. The van der Waals surface area contributed by atoms with Crippen LogP contribution in [0, 0.1) is 0 Å². The Morgan fingerprint density at radius 3 is 2.95 bits per heavy atom. The molecule has 106 valence electrons. The molecule has 2 rings (SSSR count). The highest BCUT2D eigenvalue weighted by Crippen LogP contribution is 2.31. The van der Waals surface area contributed by atoms with Gasteiger partial charge in [-0.1, -0.05) is 25.1 Å². The van der Waals surface area contributed by atoms with Crippen LogP contribution in [0.5, 0.6) is 5.75 Å². The Morgan fingerprint density at radius 1 is 1.42 bits per heavy atom. The van der Waals surface area contributed by atoms with Gasteiger partial charge in [0.1, 0.15) is 5.75 Å². The van der Waals surface area contributed by atoms with Crippen molar-refractivity contribution >= 4 is 11.8 Å². The van der Waals surface area contributed by atoms with E-state index in [0.717, 1.165) is 30.4 Å². The summed E-state index contributed by atoms with van der Waals surface area (Å²) in [5, 5.41) is 3.55. The van der Waals surface area contributed by atoms with Crippen molar-refractivity contribution in [3.63, 3.8) is 0 Å². The predicted molar refractivity (Wildman–Crippen MR) is 81.1 cm³/mol. The Kier molecular flexibility index (Phi) is 6.01. The summed E-state index contributed by atoms with van der Waals surface area (Å²) >= 11 is 1.97. The maximum absolute atomic E-state index is 5.94. The molecule has 1 aliphatic rings. The molecule has 1 heterocycles. The van der Waals surface area contributed by atoms with Gasteiger partial charge < -0.3 is 14.8 Å². The Morgan fingerprint density at radius 2 is 2.26 bits per heavy atom. The first-order valence-electron chi connectivity index (χ1n) is 7.01. The first-order valence-corrected chi connectivity index (χ1v) is 8.16. The minimum absolute atomic E-state index is 0.209. The highest BCUT2D eigenvalue weighted by atomic mass is 32.2. The Labute approximate surface area is 120 Å². The molecule has 1 N–H and O–H groups in total. The lowest BCUT2D eigenvalue weighted by Gasteiger charge is -2.32. The van der Waals surface area contributed by atoms with Gasteiger partial charge in [-0.2, -0.15) is 11.8 Å². The van der Waals surface area contributed by atoms with Crippen LogP contribution < -0.4 is 10.1 Å². The summed E-state index contributed by atoms with van der Waals surface area (Å²) in [4.78, 5) is 0. The van der Waals surface area contributed by atoms with Crippen molar-refractivity contribution in [2.24, 2.45) is 0 Å². The van der Waals surface area contributed by atoms with Crippen molar-refractivity contribution in [1.82, 2.24) is 5.32 Å². The molecule has 1 aromatic carbocycles. The molecule has 0 radical (unpaired) electrons. The summed E-state index contributed by atoms with van der Waals surface area (Å²) < 4.78 is 11.7. The van der Waals surface area contributed by atoms with Crippen LogP contribution in [0.3, 0.4) is 0 Å². The van der Waals surface area contributed by atoms with Crippen LogP contribution >= 0.6 is 11.8 Å². The van der Waals surface area contributed by atoms with Crippen LogP contribution in [-0.2, 0) is 4.74 Å². The number of nitrogens with one attached hydrogen (secondary N) is 1. The molecule has 0 amide bonds. The number of ether oxygens (including phenoxy) is 2. The Bertz CT molecular complexity index is 380. The molecule has 3 nitrogen and oxygen atoms in total. The van der Waals surface area contributed by atoms with Crippen LogP contribution in [0.15, 0.2) is 24.3 Å². The van der Waals surface area contributed by atoms with Crippen molar-refractivity contribution in [3.05, 3.63) is 29.8 Å². The maximum atomic E-state index is 5.94. The van der Waals surface area contributed by atoms with Gasteiger partial charge in [0.2, 0.25) is 0 Å². The second kappa shape index (κ2) is 7.78. The van der Waals surface area contributed by atoms with Crippen LogP contribution in [0.2, 0.25) is 0 Å². The minimum atomic E-state index is 0.209. The van der Waals surface area contributed by atoms with Crippen molar-refractivity contribution in [2.45, 2.75) is 26.0 Å². The fraction of sp³-hybridized carbons (Fsp3) is 0.600. The SMILES string of the molecule is CCNC(c1ccccc1OCC)C1CSCCO1. The number of thioether (sulfide) groups is 1. The van der Waals surface area contributed by atoms with E-state index in [4.69, 9.17) is 9.47 Å². The zero-order valence-corrected chi connectivity index (χ0v) is 12.5. The Balaban J connectivity index is 2.21. The quantitative estimate of drug-likeness (QED) is 0.868. The van der Waals surface area contributed by atoms with Crippen LogP contribution in [0.4, 0.5) is 0 Å². The molecule has 0 saturated carbocycles. The molecular weight excluding hydrogens is 258 g/mol. The summed E-state index contributed by atoms with van der Waals surface area (Å²) in [7, 11) is 0. The monoisotopic (exact) mass is 281 g/mol. The number of benzene rings is 1. The molecule has 1 aliphatic heterocycles. The topological polar surface area (TPSA) is 30.5 Å². The van der Waals surface area contributed by atoms with Crippen molar-refractivity contribution in [1.29, 1.82) is 0 Å². The highest BCUT2D eigenvalue weighted by molar-refractivity contribution is 7.99. The largest absolute Gasteiger partial charge is 0.494 e. The molecule has 0 aromatic heterocycles. The normalized spacial score (nSPS) is 21.1.